The molecule has 1 unspecified atom stereocenters. The van der Waals surface area contributed by atoms with Crippen molar-refractivity contribution < 1.29 is 0 Å². The molecule has 2 aromatic heterocycles. The van der Waals surface area contributed by atoms with Gasteiger partial charge in [-0.25, -0.2) is 0 Å². The summed E-state index contributed by atoms with van der Waals surface area (Å²) >= 11 is 1.43. The molecule has 0 aliphatic rings. The smallest absolute Gasteiger partial charge is 0.248 e. The number of pyridine rings is 1. The molecule has 6 heteroatoms. The molecular weight excluding hydrogens is 224 g/mol. The van der Waals surface area contributed by atoms with Crippen molar-refractivity contribution in [2.75, 3.05) is 0 Å². The highest BCUT2D eigenvalue weighted by atomic mass is 32.1. The normalized spacial score (nSPS) is 12.6. The van der Waals surface area contributed by atoms with Crippen molar-refractivity contribution in [3.05, 3.63) is 33.7 Å². The van der Waals surface area contributed by atoms with Crippen molar-refractivity contribution in [3.8, 4) is 10.6 Å². The standard InChI is InChI=1S/C10H12N4OS/c1-2-7(11)10-14-13-9(16-10)6-3-4-12-8(15)5-6/h3-5,7H,2,11H2,1H3,(H,12,15). The number of aromatic nitrogens is 3. The van der Waals surface area contributed by atoms with Gasteiger partial charge in [0, 0.05) is 17.8 Å². The van der Waals surface area contributed by atoms with Crippen LogP contribution in [0.1, 0.15) is 24.4 Å². The van der Waals surface area contributed by atoms with Crippen molar-refractivity contribution in [1.29, 1.82) is 0 Å². The second kappa shape index (κ2) is 4.54. The zero-order valence-corrected chi connectivity index (χ0v) is 9.62. The van der Waals surface area contributed by atoms with Crippen LogP contribution in [-0.2, 0) is 0 Å². The first-order valence-electron chi connectivity index (χ1n) is 4.98. The number of H-pyrrole nitrogens is 1. The van der Waals surface area contributed by atoms with E-state index in [0.29, 0.717) is 0 Å². The van der Waals surface area contributed by atoms with Crippen LogP contribution in [-0.4, -0.2) is 15.2 Å². The molecule has 5 nitrogen and oxygen atoms in total. The average Bonchev–Trinajstić information content (AvgIpc) is 2.77. The van der Waals surface area contributed by atoms with Crippen LogP contribution in [0.15, 0.2) is 23.1 Å². The van der Waals surface area contributed by atoms with Crippen LogP contribution in [0.3, 0.4) is 0 Å². The largest absolute Gasteiger partial charge is 0.329 e. The number of aromatic amines is 1. The Labute approximate surface area is 96.4 Å². The Morgan fingerprint density at radius 1 is 1.56 bits per heavy atom. The van der Waals surface area contributed by atoms with E-state index in [0.717, 1.165) is 22.0 Å². The van der Waals surface area contributed by atoms with E-state index in [1.807, 2.05) is 6.92 Å². The van der Waals surface area contributed by atoms with E-state index in [1.54, 1.807) is 12.3 Å². The van der Waals surface area contributed by atoms with Gasteiger partial charge in [0.2, 0.25) is 5.56 Å². The van der Waals surface area contributed by atoms with Gasteiger partial charge in [-0.3, -0.25) is 4.79 Å². The van der Waals surface area contributed by atoms with E-state index in [9.17, 15) is 4.79 Å². The Bertz CT molecular complexity index is 533. The van der Waals surface area contributed by atoms with E-state index in [-0.39, 0.29) is 11.6 Å². The third-order valence-electron chi connectivity index (χ3n) is 2.22. The molecule has 0 spiro atoms. The molecule has 16 heavy (non-hydrogen) atoms. The summed E-state index contributed by atoms with van der Waals surface area (Å²) in [6.45, 7) is 2.00. The first-order valence-corrected chi connectivity index (χ1v) is 5.80. The molecule has 2 heterocycles. The molecule has 1 atom stereocenters. The van der Waals surface area contributed by atoms with Crippen molar-refractivity contribution in [2.24, 2.45) is 5.73 Å². The third kappa shape index (κ3) is 2.17. The Kier molecular flexibility index (Phi) is 3.12. The summed E-state index contributed by atoms with van der Waals surface area (Å²) in [5, 5.41) is 9.59. The number of nitrogens with zero attached hydrogens (tertiary/aromatic N) is 2. The average molecular weight is 236 g/mol. The minimum atomic E-state index is -0.144. The monoisotopic (exact) mass is 236 g/mol. The quantitative estimate of drug-likeness (QED) is 0.841. The van der Waals surface area contributed by atoms with Crippen molar-refractivity contribution >= 4 is 11.3 Å². The predicted octanol–water partition coefficient (Wildman–Crippen LogP) is 1.30. The summed E-state index contributed by atoms with van der Waals surface area (Å²) in [6.07, 6.45) is 2.42. The molecular formula is C10H12N4OS. The van der Waals surface area contributed by atoms with Crippen LogP contribution in [0, 0.1) is 0 Å². The number of rotatable bonds is 3. The van der Waals surface area contributed by atoms with Crippen LogP contribution in [0.2, 0.25) is 0 Å². The molecule has 0 fully saturated rings. The van der Waals surface area contributed by atoms with Crippen LogP contribution >= 0.6 is 11.3 Å². The van der Waals surface area contributed by atoms with E-state index in [4.69, 9.17) is 5.73 Å². The Hall–Kier alpha value is -1.53. The van der Waals surface area contributed by atoms with E-state index < -0.39 is 0 Å². The number of hydrogen-bond acceptors (Lipinski definition) is 5. The van der Waals surface area contributed by atoms with E-state index >= 15 is 0 Å². The van der Waals surface area contributed by atoms with E-state index in [1.165, 1.54) is 17.4 Å². The second-order valence-electron chi connectivity index (χ2n) is 3.40. The molecule has 0 saturated heterocycles. The molecule has 0 saturated carbocycles. The van der Waals surface area contributed by atoms with Crippen LogP contribution in [0.4, 0.5) is 0 Å². The number of nitrogens with two attached hydrogens (primary N) is 1. The van der Waals surface area contributed by atoms with Gasteiger partial charge in [-0.15, -0.1) is 10.2 Å². The second-order valence-corrected chi connectivity index (χ2v) is 4.41. The molecule has 2 rings (SSSR count). The van der Waals surface area contributed by atoms with Gasteiger partial charge in [0.15, 0.2) is 0 Å². The van der Waals surface area contributed by atoms with Gasteiger partial charge < -0.3 is 10.7 Å². The summed E-state index contributed by atoms with van der Waals surface area (Å²) < 4.78 is 0. The molecule has 0 aromatic carbocycles. The summed E-state index contributed by atoms with van der Waals surface area (Å²) in [5.41, 5.74) is 6.49. The zero-order chi connectivity index (χ0) is 11.5. The maximum atomic E-state index is 11.1. The van der Waals surface area contributed by atoms with Crippen molar-refractivity contribution in [1.82, 2.24) is 15.2 Å². The lowest BCUT2D eigenvalue weighted by molar-refractivity contribution is 0.683. The Balaban J connectivity index is 2.35. The highest BCUT2D eigenvalue weighted by Gasteiger charge is 2.11. The highest BCUT2D eigenvalue weighted by molar-refractivity contribution is 7.14. The van der Waals surface area contributed by atoms with Gasteiger partial charge in [-0.05, 0) is 12.5 Å². The third-order valence-corrected chi connectivity index (χ3v) is 3.32. The minimum absolute atomic E-state index is 0.0757. The number of hydrogen-bond donors (Lipinski definition) is 2. The lowest BCUT2D eigenvalue weighted by Crippen LogP contribution is -2.07. The summed E-state index contributed by atoms with van der Waals surface area (Å²) in [7, 11) is 0. The van der Waals surface area contributed by atoms with Gasteiger partial charge in [-0.2, -0.15) is 0 Å². The van der Waals surface area contributed by atoms with E-state index in [2.05, 4.69) is 15.2 Å². The molecule has 0 aliphatic heterocycles. The van der Waals surface area contributed by atoms with Gasteiger partial charge in [0.1, 0.15) is 10.0 Å². The summed E-state index contributed by atoms with van der Waals surface area (Å²) in [4.78, 5) is 13.7. The molecule has 0 bridgehead atoms. The molecule has 84 valence electrons. The van der Waals surface area contributed by atoms with Crippen LogP contribution in [0.5, 0.6) is 0 Å². The molecule has 3 N–H and O–H groups in total. The summed E-state index contributed by atoms with van der Waals surface area (Å²) in [5.74, 6) is 0. The lowest BCUT2D eigenvalue weighted by Gasteiger charge is -2.00. The fourth-order valence-electron chi connectivity index (χ4n) is 1.25. The van der Waals surface area contributed by atoms with Crippen molar-refractivity contribution in [3.63, 3.8) is 0 Å². The van der Waals surface area contributed by atoms with Crippen LogP contribution < -0.4 is 11.3 Å². The number of nitrogens with one attached hydrogen (secondary N) is 1. The molecule has 0 amide bonds. The minimum Gasteiger partial charge on any atom is -0.329 e. The fraction of sp³-hybridized carbons (Fsp3) is 0.300. The van der Waals surface area contributed by atoms with Gasteiger partial charge >= 0.3 is 0 Å². The lowest BCUT2D eigenvalue weighted by atomic mass is 10.3. The van der Waals surface area contributed by atoms with Gasteiger partial charge in [0.05, 0.1) is 6.04 Å². The maximum absolute atomic E-state index is 11.1. The van der Waals surface area contributed by atoms with Gasteiger partial charge in [-0.1, -0.05) is 18.3 Å². The first-order chi connectivity index (χ1) is 7.70. The van der Waals surface area contributed by atoms with Gasteiger partial charge in [0.25, 0.3) is 0 Å². The van der Waals surface area contributed by atoms with Crippen molar-refractivity contribution in [2.45, 2.75) is 19.4 Å². The first kappa shape index (κ1) is 11.0. The fourth-order valence-corrected chi connectivity index (χ4v) is 2.18. The van der Waals surface area contributed by atoms with Crippen LogP contribution in [0.25, 0.3) is 10.6 Å². The highest BCUT2D eigenvalue weighted by Crippen LogP contribution is 2.25. The maximum Gasteiger partial charge on any atom is 0.248 e. The predicted molar refractivity (Wildman–Crippen MR) is 63.2 cm³/mol. The topological polar surface area (TPSA) is 84.7 Å². The SMILES string of the molecule is CCC(N)c1nnc(-c2cc[nH]c(=O)c2)s1. The molecule has 2 aromatic rings. The zero-order valence-electron chi connectivity index (χ0n) is 8.80. The molecule has 0 aliphatic carbocycles. The Morgan fingerprint density at radius 2 is 2.38 bits per heavy atom. The Morgan fingerprint density at radius 3 is 3.06 bits per heavy atom. The summed E-state index contributed by atoms with van der Waals surface area (Å²) in [6, 6.07) is 3.22. The molecule has 0 radical (unpaired) electrons.